The molecule has 1 saturated heterocycles. The highest BCUT2D eigenvalue weighted by molar-refractivity contribution is 5.66. The van der Waals surface area contributed by atoms with Gasteiger partial charge in [0, 0.05) is 25.4 Å². The number of carboxylic acid groups (broad SMARTS) is 1. The first kappa shape index (κ1) is 24.1. The number of rotatable bonds is 13. The van der Waals surface area contributed by atoms with Gasteiger partial charge in [0.1, 0.15) is 0 Å². The van der Waals surface area contributed by atoms with Crippen LogP contribution in [0.5, 0.6) is 0 Å². The number of hydrogen-bond acceptors (Lipinski definition) is 5. The van der Waals surface area contributed by atoms with Crippen LogP contribution in [-0.2, 0) is 14.3 Å². The first-order valence-electron chi connectivity index (χ1n) is 11.1. The lowest BCUT2D eigenvalue weighted by atomic mass is 9.85. The van der Waals surface area contributed by atoms with Crippen molar-refractivity contribution in [2.24, 2.45) is 17.8 Å². The maximum absolute atomic E-state index is 10.6. The van der Waals surface area contributed by atoms with Gasteiger partial charge in [-0.05, 0) is 37.5 Å². The smallest absolute Gasteiger partial charge is 0.303 e. The van der Waals surface area contributed by atoms with E-state index in [9.17, 15) is 15.0 Å². The van der Waals surface area contributed by atoms with Crippen LogP contribution in [0.25, 0.3) is 0 Å². The molecule has 29 heavy (non-hydrogen) atoms. The summed E-state index contributed by atoms with van der Waals surface area (Å²) in [4.78, 5) is 10.6. The zero-order valence-electron chi connectivity index (χ0n) is 17.7. The molecule has 2 aliphatic rings. The van der Waals surface area contributed by atoms with Crippen LogP contribution in [0.2, 0.25) is 0 Å². The molecule has 3 N–H and O–H groups in total. The molecule has 0 bridgehead atoms. The zero-order valence-corrected chi connectivity index (χ0v) is 17.7. The van der Waals surface area contributed by atoms with E-state index in [0.717, 1.165) is 38.5 Å². The van der Waals surface area contributed by atoms with Gasteiger partial charge in [0.2, 0.25) is 0 Å². The number of carboxylic acids is 1. The summed E-state index contributed by atoms with van der Waals surface area (Å²) in [5.74, 6) is -1.26. The summed E-state index contributed by atoms with van der Waals surface area (Å²) in [5.41, 5.74) is 0. The summed E-state index contributed by atoms with van der Waals surface area (Å²) in [6, 6.07) is 0. The second-order valence-electron chi connectivity index (χ2n) is 8.28. The number of aliphatic carboxylic acids is 1. The van der Waals surface area contributed by atoms with Crippen molar-refractivity contribution < 1.29 is 29.6 Å². The fourth-order valence-corrected chi connectivity index (χ4v) is 4.58. The van der Waals surface area contributed by atoms with Crippen LogP contribution in [0.3, 0.4) is 0 Å². The summed E-state index contributed by atoms with van der Waals surface area (Å²) in [6.07, 6.45) is 14.5. The van der Waals surface area contributed by atoms with Gasteiger partial charge in [-0.2, -0.15) is 0 Å². The lowest BCUT2D eigenvalue weighted by molar-refractivity contribution is -0.184. The van der Waals surface area contributed by atoms with Crippen LogP contribution >= 0.6 is 0 Å². The Labute approximate surface area is 174 Å². The molecular formula is C23H38O6. The third-order valence-corrected chi connectivity index (χ3v) is 6.11. The Balaban J connectivity index is 2.02. The zero-order chi connectivity index (χ0) is 21.1. The van der Waals surface area contributed by atoms with E-state index in [0.29, 0.717) is 26.1 Å². The van der Waals surface area contributed by atoms with Gasteiger partial charge < -0.3 is 24.8 Å². The normalized spacial score (nSPS) is 27.5. The number of ether oxygens (including phenoxy) is 2. The molecule has 0 aromatic rings. The van der Waals surface area contributed by atoms with Crippen molar-refractivity contribution in [3.8, 4) is 0 Å². The Morgan fingerprint density at radius 1 is 1.21 bits per heavy atom. The number of carbonyl (C=O) groups is 1. The van der Waals surface area contributed by atoms with Gasteiger partial charge in [0.15, 0.2) is 5.79 Å². The molecule has 0 radical (unpaired) electrons. The quantitative estimate of drug-likeness (QED) is 0.317. The predicted molar refractivity (Wildman–Crippen MR) is 111 cm³/mol. The monoisotopic (exact) mass is 410 g/mol. The Hall–Kier alpha value is -1.21. The molecule has 2 fully saturated rings. The number of unbranched alkanes of at least 4 members (excludes halogenated alkanes) is 3. The van der Waals surface area contributed by atoms with E-state index in [-0.39, 0.29) is 30.8 Å². The Kier molecular flexibility index (Phi) is 10.4. The average Bonchev–Trinajstić information content (AvgIpc) is 3.28. The van der Waals surface area contributed by atoms with E-state index in [2.05, 4.69) is 19.1 Å². The molecule has 4 atom stereocenters. The summed E-state index contributed by atoms with van der Waals surface area (Å²) in [5, 5.41) is 29.0. The van der Waals surface area contributed by atoms with Crippen LogP contribution in [-0.4, -0.2) is 53.0 Å². The van der Waals surface area contributed by atoms with E-state index in [1.165, 1.54) is 0 Å². The van der Waals surface area contributed by atoms with Crippen molar-refractivity contribution in [3.05, 3.63) is 24.3 Å². The van der Waals surface area contributed by atoms with Crippen LogP contribution in [0, 0.1) is 17.8 Å². The molecule has 2 rings (SSSR count). The number of hydrogen-bond donors (Lipinski definition) is 3. The fourth-order valence-electron chi connectivity index (χ4n) is 4.58. The Bertz CT molecular complexity index is 537. The summed E-state index contributed by atoms with van der Waals surface area (Å²) in [6.45, 7) is 3.34. The van der Waals surface area contributed by atoms with Gasteiger partial charge in [-0.15, -0.1) is 0 Å². The van der Waals surface area contributed by atoms with Crippen molar-refractivity contribution in [1.29, 1.82) is 0 Å². The van der Waals surface area contributed by atoms with Crippen molar-refractivity contribution in [3.63, 3.8) is 0 Å². The number of aliphatic hydroxyl groups excluding tert-OH is 2. The molecule has 1 aliphatic carbocycles. The van der Waals surface area contributed by atoms with Gasteiger partial charge >= 0.3 is 5.97 Å². The lowest BCUT2D eigenvalue weighted by Crippen LogP contribution is -2.36. The van der Waals surface area contributed by atoms with Crippen molar-refractivity contribution in [1.82, 2.24) is 0 Å². The fraction of sp³-hybridized carbons (Fsp3) is 0.783. The molecule has 1 heterocycles. The second kappa shape index (κ2) is 12.5. The topological polar surface area (TPSA) is 96.2 Å². The molecular weight excluding hydrogens is 372 g/mol. The van der Waals surface area contributed by atoms with Gasteiger partial charge in [0.05, 0.1) is 19.3 Å². The molecule has 6 nitrogen and oxygen atoms in total. The average molecular weight is 411 g/mol. The summed E-state index contributed by atoms with van der Waals surface area (Å²) in [7, 11) is 0. The summed E-state index contributed by atoms with van der Waals surface area (Å²) >= 11 is 0. The molecule has 1 saturated carbocycles. The largest absolute Gasteiger partial charge is 0.481 e. The molecule has 0 amide bonds. The number of allylic oxidation sites excluding steroid dienone is 3. The maximum atomic E-state index is 10.6. The summed E-state index contributed by atoms with van der Waals surface area (Å²) < 4.78 is 12.1. The standard InChI is InChI=1S/C23H38O6/c1-2-3-6-9-19(25)12-13-20-18(17-24)16-23(28-14-15-29-23)21(20)10-7-4-5-8-11-22(26)27/h4,7,12-13,18-21,24-25H,2-3,5-6,8-11,14-17H2,1H3,(H,26,27). The second-order valence-corrected chi connectivity index (χ2v) is 8.28. The Morgan fingerprint density at radius 2 is 1.97 bits per heavy atom. The Morgan fingerprint density at radius 3 is 2.62 bits per heavy atom. The molecule has 6 heteroatoms. The van der Waals surface area contributed by atoms with Crippen LogP contribution in [0.4, 0.5) is 0 Å². The molecule has 0 aromatic heterocycles. The number of aliphatic hydroxyl groups is 2. The minimum absolute atomic E-state index is 0.0394. The highest BCUT2D eigenvalue weighted by atomic mass is 16.7. The maximum Gasteiger partial charge on any atom is 0.303 e. The van der Waals surface area contributed by atoms with Gasteiger partial charge in [-0.25, -0.2) is 0 Å². The van der Waals surface area contributed by atoms with Crippen LogP contribution in [0.1, 0.15) is 64.7 Å². The third kappa shape index (κ3) is 7.21. The molecule has 166 valence electrons. The highest BCUT2D eigenvalue weighted by Crippen LogP contribution is 2.51. The lowest BCUT2D eigenvalue weighted by Gasteiger charge is -2.30. The van der Waals surface area contributed by atoms with Crippen molar-refractivity contribution in [2.75, 3.05) is 19.8 Å². The van der Waals surface area contributed by atoms with Gasteiger partial charge in [-0.1, -0.05) is 50.5 Å². The van der Waals surface area contributed by atoms with E-state index in [1.54, 1.807) is 0 Å². The van der Waals surface area contributed by atoms with Crippen molar-refractivity contribution in [2.45, 2.75) is 76.6 Å². The SMILES string of the molecule is CCCCCC(O)C=CC1C(CO)CC2(OCCO2)C1CC=CCCCC(=O)O. The highest BCUT2D eigenvalue weighted by Gasteiger charge is 2.55. The van der Waals surface area contributed by atoms with Crippen LogP contribution in [0.15, 0.2) is 24.3 Å². The minimum atomic E-state index is -0.769. The molecule has 0 aromatic carbocycles. The van der Waals surface area contributed by atoms with Crippen LogP contribution < -0.4 is 0 Å². The van der Waals surface area contributed by atoms with Gasteiger partial charge in [-0.3, -0.25) is 4.79 Å². The van der Waals surface area contributed by atoms with E-state index < -0.39 is 17.9 Å². The van der Waals surface area contributed by atoms with Crippen molar-refractivity contribution >= 4 is 5.97 Å². The van der Waals surface area contributed by atoms with E-state index in [4.69, 9.17) is 14.6 Å². The van der Waals surface area contributed by atoms with E-state index in [1.807, 2.05) is 12.2 Å². The molecule has 1 aliphatic heterocycles. The molecule has 1 spiro atoms. The predicted octanol–water partition coefficient (Wildman–Crippen LogP) is 3.67. The minimum Gasteiger partial charge on any atom is -0.481 e. The third-order valence-electron chi connectivity index (χ3n) is 6.11. The van der Waals surface area contributed by atoms with Gasteiger partial charge in [0.25, 0.3) is 0 Å². The first-order chi connectivity index (χ1) is 14.0. The van der Waals surface area contributed by atoms with E-state index >= 15 is 0 Å². The first-order valence-corrected chi connectivity index (χ1v) is 11.1. The molecule has 4 unspecified atom stereocenters.